The summed E-state index contributed by atoms with van der Waals surface area (Å²) in [5.41, 5.74) is 4.61. The second kappa shape index (κ2) is 8.99. The summed E-state index contributed by atoms with van der Waals surface area (Å²) in [5.74, 6) is 0.0849. The summed E-state index contributed by atoms with van der Waals surface area (Å²) in [6.07, 6.45) is 0. The van der Waals surface area contributed by atoms with E-state index in [1.165, 1.54) is 35.6 Å². The highest BCUT2D eigenvalue weighted by Gasteiger charge is 2.10. The second-order valence-electron chi connectivity index (χ2n) is 6.29. The van der Waals surface area contributed by atoms with Crippen molar-refractivity contribution in [1.29, 1.82) is 0 Å². The summed E-state index contributed by atoms with van der Waals surface area (Å²) in [6, 6.07) is 13.0. The lowest BCUT2D eigenvalue weighted by Gasteiger charge is -2.06. The molecular formula is C20H20N4O2S2. The summed E-state index contributed by atoms with van der Waals surface area (Å²) >= 11 is 2.74. The number of rotatable bonds is 7. The highest BCUT2D eigenvalue weighted by atomic mass is 32.2. The molecule has 8 heteroatoms. The van der Waals surface area contributed by atoms with Gasteiger partial charge < -0.3 is 10.6 Å². The van der Waals surface area contributed by atoms with Crippen LogP contribution in [0.4, 0.5) is 16.5 Å². The molecule has 2 aromatic carbocycles. The minimum absolute atomic E-state index is 0.00468. The fraction of sp³-hybridized carbons (Fsp3) is 0.200. The van der Waals surface area contributed by atoms with Gasteiger partial charge in [0, 0.05) is 16.9 Å². The van der Waals surface area contributed by atoms with Gasteiger partial charge in [-0.2, -0.15) is 0 Å². The summed E-state index contributed by atoms with van der Waals surface area (Å²) in [7, 11) is 0. The Morgan fingerprint density at radius 3 is 2.50 bits per heavy atom. The van der Waals surface area contributed by atoms with Crippen LogP contribution in [0.15, 0.2) is 46.8 Å². The normalized spacial score (nSPS) is 10.5. The molecule has 0 saturated heterocycles. The number of aryl methyl sites for hydroxylation is 2. The Hall–Kier alpha value is -2.71. The first-order chi connectivity index (χ1) is 13.4. The lowest BCUT2D eigenvalue weighted by Crippen LogP contribution is -2.14. The fourth-order valence-electron chi connectivity index (χ4n) is 2.50. The van der Waals surface area contributed by atoms with E-state index in [1.807, 2.05) is 19.1 Å². The molecule has 0 aliphatic heterocycles. The molecule has 0 unspecified atom stereocenters. The maximum atomic E-state index is 12.1. The van der Waals surface area contributed by atoms with Crippen LogP contribution in [-0.2, 0) is 4.79 Å². The van der Waals surface area contributed by atoms with Crippen LogP contribution in [0.3, 0.4) is 0 Å². The summed E-state index contributed by atoms with van der Waals surface area (Å²) in [5, 5.41) is 15.0. The lowest BCUT2D eigenvalue weighted by molar-refractivity contribution is -0.113. The molecule has 0 radical (unpaired) electrons. The minimum atomic E-state index is -0.139. The Bertz CT molecular complexity index is 1000. The summed E-state index contributed by atoms with van der Waals surface area (Å²) < 4.78 is 0.717. The lowest BCUT2D eigenvalue weighted by atomic mass is 10.1. The number of benzene rings is 2. The number of anilines is 3. The fourth-order valence-corrected chi connectivity index (χ4v) is 4.06. The zero-order valence-corrected chi connectivity index (χ0v) is 17.4. The van der Waals surface area contributed by atoms with E-state index in [0.29, 0.717) is 20.7 Å². The van der Waals surface area contributed by atoms with Crippen LogP contribution in [0.5, 0.6) is 0 Å². The Morgan fingerprint density at radius 1 is 1.07 bits per heavy atom. The largest absolute Gasteiger partial charge is 0.330 e. The molecule has 0 atom stereocenters. The molecule has 1 amide bonds. The first kappa shape index (κ1) is 20.0. The van der Waals surface area contributed by atoms with E-state index in [4.69, 9.17) is 0 Å². The van der Waals surface area contributed by atoms with Gasteiger partial charge in [-0.25, -0.2) is 0 Å². The Balaban J connectivity index is 1.52. The van der Waals surface area contributed by atoms with Gasteiger partial charge in [0.05, 0.1) is 5.75 Å². The van der Waals surface area contributed by atoms with Crippen molar-refractivity contribution < 1.29 is 9.59 Å². The van der Waals surface area contributed by atoms with Gasteiger partial charge in [-0.3, -0.25) is 9.59 Å². The zero-order chi connectivity index (χ0) is 20.1. The molecule has 0 spiro atoms. The van der Waals surface area contributed by atoms with Crippen LogP contribution in [0, 0.1) is 13.8 Å². The third-order valence-corrected chi connectivity index (χ3v) is 5.90. The van der Waals surface area contributed by atoms with Crippen LogP contribution in [0.2, 0.25) is 0 Å². The van der Waals surface area contributed by atoms with Crippen molar-refractivity contribution in [2.45, 2.75) is 25.1 Å². The molecular weight excluding hydrogens is 392 g/mol. The monoisotopic (exact) mass is 412 g/mol. The number of aromatic nitrogens is 2. The van der Waals surface area contributed by atoms with E-state index in [0.717, 1.165) is 11.3 Å². The van der Waals surface area contributed by atoms with E-state index in [1.54, 1.807) is 24.3 Å². The zero-order valence-electron chi connectivity index (χ0n) is 15.8. The number of carbonyl (C=O) groups excluding carboxylic acids is 2. The first-order valence-corrected chi connectivity index (χ1v) is 10.4. The van der Waals surface area contributed by atoms with Crippen LogP contribution in [0.25, 0.3) is 0 Å². The average molecular weight is 413 g/mol. The smallest absolute Gasteiger partial charge is 0.234 e. The van der Waals surface area contributed by atoms with Gasteiger partial charge in [0.15, 0.2) is 10.1 Å². The van der Waals surface area contributed by atoms with Gasteiger partial charge in [0.2, 0.25) is 11.0 Å². The average Bonchev–Trinajstić information content (AvgIpc) is 3.10. The topological polar surface area (TPSA) is 84.0 Å². The molecule has 3 rings (SSSR count). The third kappa shape index (κ3) is 5.40. The number of thioether (sulfide) groups is 1. The number of carbonyl (C=O) groups is 2. The number of hydrogen-bond donors (Lipinski definition) is 2. The summed E-state index contributed by atoms with van der Waals surface area (Å²) in [6.45, 7) is 5.61. The molecule has 3 aromatic rings. The number of Topliss-reactive ketones (excluding diaryl/α,β-unsaturated/α-hetero) is 1. The number of ketones is 1. The van der Waals surface area contributed by atoms with Crippen LogP contribution in [0.1, 0.15) is 28.4 Å². The molecule has 1 heterocycles. The maximum absolute atomic E-state index is 12.1. The van der Waals surface area contributed by atoms with E-state index in [9.17, 15) is 9.59 Å². The third-order valence-electron chi connectivity index (χ3n) is 3.93. The van der Waals surface area contributed by atoms with Gasteiger partial charge in [-0.1, -0.05) is 40.8 Å². The molecule has 2 N–H and O–H groups in total. The first-order valence-electron chi connectivity index (χ1n) is 8.62. The summed E-state index contributed by atoms with van der Waals surface area (Å²) in [4.78, 5) is 23.4. The Labute approximate surface area is 171 Å². The molecule has 0 aliphatic rings. The predicted octanol–water partition coefficient (Wildman–Crippen LogP) is 4.83. The van der Waals surface area contributed by atoms with Gasteiger partial charge in [0.25, 0.3) is 0 Å². The highest BCUT2D eigenvalue weighted by Crippen LogP contribution is 2.29. The van der Waals surface area contributed by atoms with E-state index in [2.05, 4.69) is 33.8 Å². The van der Waals surface area contributed by atoms with Crippen molar-refractivity contribution in [2.24, 2.45) is 0 Å². The molecule has 0 saturated carbocycles. The number of amides is 1. The second-order valence-corrected chi connectivity index (χ2v) is 8.49. The Kier molecular flexibility index (Phi) is 6.43. The molecule has 28 heavy (non-hydrogen) atoms. The number of nitrogens with zero attached hydrogens (tertiary/aromatic N) is 2. The predicted molar refractivity (Wildman–Crippen MR) is 115 cm³/mol. The standard InChI is InChI=1S/C20H20N4O2S2/c1-12-4-9-17(13(2)10-12)22-19-23-24-20(28-19)27-11-18(26)21-16-7-5-15(6-8-16)14(3)25/h4-10H,11H2,1-3H3,(H,21,26)(H,22,23). The van der Waals surface area contributed by atoms with E-state index in [-0.39, 0.29) is 17.4 Å². The molecule has 0 fully saturated rings. The SMILES string of the molecule is CC(=O)c1ccc(NC(=O)CSc2nnc(Nc3ccc(C)cc3C)s2)cc1. The Morgan fingerprint density at radius 2 is 1.82 bits per heavy atom. The molecule has 1 aromatic heterocycles. The van der Waals surface area contributed by atoms with E-state index >= 15 is 0 Å². The quantitative estimate of drug-likeness (QED) is 0.427. The van der Waals surface area contributed by atoms with Crippen molar-refractivity contribution in [3.05, 3.63) is 59.2 Å². The van der Waals surface area contributed by atoms with Crippen molar-refractivity contribution in [3.63, 3.8) is 0 Å². The van der Waals surface area contributed by atoms with Crippen molar-refractivity contribution >= 4 is 51.3 Å². The molecule has 0 bridgehead atoms. The van der Waals surface area contributed by atoms with Crippen molar-refractivity contribution in [3.8, 4) is 0 Å². The van der Waals surface area contributed by atoms with Gasteiger partial charge in [-0.15, -0.1) is 10.2 Å². The van der Waals surface area contributed by atoms with E-state index < -0.39 is 0 Å². The highest BCUT2D eigenvalue weighted by molar-refractivity contribution is 8.01. The van der Waals surface area contributed by atoms with Gasteiger partial charge in [0.1, 0.15) is 0 Å². The number of hydrogen-bond acceptors (Lipinski definition) is 7. The van der Waals surface area contributed by atoms with Crippen molar-refractivity contribution in [2.75, 3.05) is 16.4 Å². The molecule has 6 nitrogen and oxygen atoms in total. The van der Waals surface area contributed by atoms with Crippen LogP contribution in [-0.4, -0.2) is 27.6 Å². The molecule has 0 aliphatic carbocycles. The van der Waals surface area contributed by atoms with Crippen LogP contribution < -0.4 is 10.6 Å². The number of nitrogens with one attached hydrogen (secondary N) is 2. The molecule has 144 valence electrons. The van der Waals surface area contributed by atoms with Crippen LogP contribution >= 0.6 is 23.1 Å². The maximum Gasteiger partial charge on any atom is 0.234 e. The van der Waals surface area contributed by atoms with Crippen molar-refractivity contribution in [1.82, 2.24) is 10.2 Å². The van der Waals surface area contributed by atoms with Gasteiger partial charge in [-0.05, 0) is 56.7 Å². The minimum Gasteiger partial charge on any atom is -0.330 e. The van der Waals surface area contributed by atoms with Gasteiger partial charge >= 0.3 is 0 Å².